The van der Waals surface area contributed by atoms with Crippen molar-refractivity contribution in [2.75, 3.05) is 31.1 Å². The lowest BCUT2D eigenvalue weighted by atomic mass is 10.0. The van der Waals surface area contributed by atoms with E-state index in [1.54, 1.807) is 24.3 Å². The van der Waals surface area contributed by atoms with Gasteiger partial charge >= 0.3 is 5.97 Å². The molecule has 3 rings (SSSR count). The van der Waals surface area contributed by atoms with Gasteiger partial charge in [0, 0.05) is 42.2 Å². The lowest BCUT2D eigenvalue weighted by molar-refractivity contribution is -0.142. The van der Waals surface area contributed by atoms with Crippen LogP contribution in [-0.4, -0.2) is 43.1 Å². The van der Waals surface area contributed by atoms with Gasteiger partial charge in [0.1, 0.15) is 0 Å². The Bertz CT molecular complexity index is 1270. The van der Waals surface area contributed by atoms with E-state index in [1.807, 2.05) is 37.3 Å². The number of nitrogens with zero attached hydrogens (tertiary/aromatic N) is 2. The Morgan fingerprint density at radius 1 is 1.21 bits per heavy atom. The third-order valence-corrected chi connectivity index (χ3v) is 7.95. The number of nitrogens with two attached hydrogens (primary N) is 1. The van der Waals surface area contributed by atoms with Crippen molar-refractivity contribution in [1.82, 2.24) is 10.3 Å². The lowest BCUT2D eigenvalue weighted by Gasteiger charge is -2.22. The number of anilines is 1. The number of carbonyl (C=O) groups is 2. The van der Waals surface area contributed by atoms with Crippen LogP contribution in [-0.2, 0) is 22.5 Å². The van der Waals surface area contributed by atoms with Crippen LogP contribution in [0.25, 0.3) is 11.3 Å². The van der Waals surface area contributed by atoms with Crippen LogP contribution in [0, 0.1) is 12.8 Å². The van der Waals surface area contributed by atoms with E-state index in [0.29, 0.717) is 54.3 Å². The minimum atomic E-state index is -0.267. The summed E-state index contributed by atoms with van der Waals surface area (Å²) in [5, 5.41) is 4.61. The fourth-order valence-corrected chi connectivity index (χ4v) is 5.79. The van der Waals surface area contributed by atoms with E-state index < -0.39 is 0 Å². The minimum Gasteiger partial charge on any atom is -0.466 e. The molecule has 1 heterocycles. The molecule has 7 nitrogen and oxygen atoms in total. The molecule has 39 heavy (non-hydrogen) atoms. The number of halogens is 2. The number of hydrogen-bond acceptors (Lipinski definition) is 7. The lowest BCUT2D eigenvalue weighted by Crippen LogP contribution is -2.29. The maximum atomic E-state index is 12.5. The van der Waals surface area contributed by atoms with Crippen LogP contribution >= 0.6 is 34.5 Å². The summed E-state index contributed by atoms with van der Waals surface area (Å²) < 4.78 is 5.18. The van der Waals surface area contributed by atoms with Crippen LogP contribution in [0.4, 0.5) is 5.13 Å². The molecule has 1 aromatic heterocycles. The highest BCUT2D eigenvalue weighted by molar-refractivity contribution is 7.16. The number of nitrogens with one attached hydrogen (secondary N) is 1. The smallest absolute Gasteiger partial charge is 0.307 e. The second-order valence-corrected chi connectivity index (χ2v) is 11.5. The van der Waals surface area contributed by atoms with Gasteiger partial charge in [0.25, 0.3) is 5.91 Å². The summed E-state index contributed by atoms with van der Waals surface area (Å²) in [7, 11) is 0. The molecule has 0 atom stereocenters. The molecule has 0 aliphatic carbocycles. The normalized spacial score (nSPS) is 11.1. The van der Waals surface area contributed by atoms with Gasteiger partial charge in [-0.3, -0.25) is 9.59 Å². The van der Waals surface area contributed by atoms with Crippen molar-refractivity contribution in [3.8, 4) is 11.3 Å². The number of amides is 1. The highest BCUT2D eigenvalue weighted by Crippen LogP contribution is 2.38. The number of aromatic nitrogens is 1. The van der Waals surface area contributed by atoms with Gasteiger partial charge in [-0.1, -0.05) is 49.2 Å². The molecule has 1 amide bonds. The quantitative estimate of drug-likeness (QED) is 0.228. The molecule has 0 bridgehead atoms. The van der Waals surface area contributed by atoms with Crippen molar-refractivity contribution in [1.29, 1.82) is 0 Å². The number of benzene rings is 2. The summed E-state index contributed by atoms with van der Waals surface area (Å²) in [6, 6.07) is 11.3. The third kappa shape index (κ3) is 8.67. The predicted octanol–water partition coefficient (Wildman–Crippen LogP) is 6.27. The molecule has 210 valence electrons. The Hall–Kier alpha value is -2.65. The summed E-state index contributed by atoms with van der Waals surface area (Å²) in [4.78, 5) is 33.0. The van der Waals surface area contributed by atoms with Crippen molar-refractivity contribution in [3.05, 3.63) is 68.0 Å². The molecule has 0 saturated carbocycles. The van der Waals surface area contributed by atoms with Crippen LogP contribution < -0.4 is 16.0 Å². The van der Waals surface area contributed by atoms with Gasteiger partial charge in [-0.2, -0.15) is 0 Å². The molecule has 3 N–H and O–H groups in total. The topological polar surface area (TPSA) is 97.5 Å². The van der Waals surface area contributed by atoms with Crippen LogP contribution in [0.15, 0.2) is 36.4 Å². The number of carbonyl (C=O) groups excluding carboxylic acids is 2. The zero-order valence-electron chi connectivity index (χ0n) is 22.9. The van der Waals surface area contributed by atoms with E-state index >= 15 is 0 Å². The van der Waals surface area contributed by atoms with Crippen molar-refractivity contribution < 1.29 is 14.3 Å². The van der Waals surface area contributed by atoms with Crippen molar-refractivity contribution in [2.24, 2.45) is 11.7 Å². The first-order chi connectivity index (χ1) is 18.6. The summed E-state index contributed by atoms with van der Waals surface area (Å²) in [5.74, 6) is -0.0274. The SMILES string of the molecule is CCOC(=O)CCN(Cc1cccc(C(=O)NCCN)c1)c1nc(-c2cc(C)c(Cl)c(Cl)c2)c(CC(C)C)s1. The highest BCUT2D eigenvalue weighted by atomic mass is 35.5. The molecule has 3 aromatic rings. The summed E-state index contributed by atoms with van der Waals surface area (Å²) in [5.41, 5.74) is 9.65. The van der Waals surface area contributed by atoms with Crippen molar-refractivity contribution >= 4 is 51.5 Å². The van der Waals surface area contributed by atoms with E-state index in [-0.39, 0.29) is 18.3 Å². The van der Waals surface area contributed by atoms with Gasteiger partial charge in [-0.25, -0.2) is 4.98 Å². The van der Waals surface area contributed by atoms with Gasteiger partial charge in [0.2, 0.25) is 0 Å². The van der Waals surface area contributed by atoms with E-state index in [0.717, 1.165) is 38.8 Å². The van der Waals surface area contributed by atoms with Crippen molar-refractivity contribution in [2.45, 2.75) is 47.1 Å². The molecule has 0 unspecified atom stereocenters. The summed E-state index contributed by atoms with van der Waals surface area (Å²) in [6.45, 7) is 10.0. The van der Waals surface area contributed by atoms with Crippen LogP contribution in [0.3, 0.4) is 0 Å². The Balaban J connectivity index is 2.00. The average Bonchev–Trinajstić information content (AvgIpc) is 3.31. The number of aryl methyl sites for hydroxylation is 1. The molecular formula is C29H36Cl2N4O3S. The Morgan fingerprint density at radius 3 is 2.64 bits per heavy atom. The van der Waals surface area contributed by atoms with E-state index in [4.69, 9.17) is 38.7 Å². The zero-order chi connectivity index (χ0) is 28.5. The fraction of sp³-hybridized carbons (Fsp3) is 0.414. The molecule has 0 radical (unpaired) electrons. The number of rotatable bonds is 13. The van der Waals surface area contributed by atoms with Gasteiger partial charge in [-0.15, -0.1) is 11.3 Å². The first-order valence-corrected chi connectivity index (χ1v) is 14.6. The first-order valence-electron chi connectivity index (χ1n) is 13.1. The Kier molecular flexibility index (Phi) is 11.6. The second-order valence-electron chi connectivity index (χ2n) is 9.68. The molecule has 0 spiro atoms. The first kappa shape index (κ1) is 30.9. The average molecular weight is 592 g/mol. The fourth-order valence-electron chi connectivity index (χ4n) is 4.09. The number of hydrogen-bond donors (Lipinski definition) is 2. The van der Waals surface area contributed by atoms with Gasteiger partial charge in [0.15, 0.2) is 5.13 Å². The van der Waals surface area contributed by atoms with E-state index in [1.165, 1.54) is 0 Å². The summed E-state index contributed by atoms with van der Waals surface area (Å²) >= 11 is 14.4. The van der Waals surface area contributed by atoms with E-state index in [2.05, 4.69) is 24.1 Å². The molecular weight excluding hydrogens is 555 g/mol. The number of ether oxygens (including phenoxy) is 1. The molecule has 10 heteroatoms. The molecule has 2 aromatic carbocycles. The van der Waals surface area contributed by atoms with E-state index in [9.17, 15) is 9.59 Å². The minimum absolute atomic E-state index is 0.175. The third-order valence-electron chi connectivity index (χ3n) is 5.92. The Morgan fingerprint density at radius 2 is 1.97 bits per heavy atom. The second kappa shape index (κ2) is 14.7. The maximum absolute atomic E-state index is 12.5. The van der Waals surface area contributed by atoms with Gasteiger partial charge < -0.3 is 20.7 Å². The number of esters is 1. The van der Waals surface area contributed by atoms with Crippen LogP contribution in [0.1, 0.15) is 53.6 Å². The molecule has 0 aliphatic rings. The molecule has 0 aliphatic heterocycles. The van der Waals surface area contributed by atoms with Crippen LogP contribution in [0.2, 0.25) is 10.0 Å². The van der Waals surface area contributed by atoms with Crippen molar-refractivity contribution in [3.63, 3.8) is 0 Å². The highest BCUT2D eigenvalue weighted by Gasteiger charge is 2.21. The molecule has 0 saturated heterocycles. The largest absolute Gasteiger partial charge is 0.466 e. The predicted molar refractivity (Wildman–Crippen MR) is 161 cm³/mol. The Labute approximate surface area is 244 Å². The van der Waals surface area contributed by atoms with Gasteiger partial charge in [-0.05, 0) is 61.6 Å². The monoisotopic (exact) mass is 590 g/mol. The standard InChI is InChI=1S/C29H36Cl2N4O3S/c1-5-38-25(36)9-12-35(17-20-7-6-8-21(15-20)28(37)33-11-10-32)29-34-27(24(39-29)13-18(2)3)22-14-19(4)26(31)23(30)16-22/h6-8,14-16,18H,5,9-13,17,32H2,1-4H3,(H,33,37). The van der Waals surface area contributed by atoms with Crippen LogP contribution in [0.5, 0.6) is 0 Å². The van der Waals surface area contributed by atoms with Gasteiger partial charge in [0.05, 0.1) is 28.8 Å². The number of thiazole rings is 1. The zero-order valence-corrected chi connectivity index (χ0v) is 25.2. The summed E-state index contributed by atoms with van der Waals surface area (Å²) in [6.07, 6.45) is 1.06. The molecule has 0 fully saturated rings. The maximum Gasteiger partial charge on any atom is 0.307 e.